The Bertz CT molecular complexity index is 852. The topological polar surface area (TPSA) is 60.3 Å². The number of aromatic nitrogens is 1. The van der Waals surface area contributed by atoms with Gasteiger partial charge in [-0.15, -0.1) is 0 Å². The largest absolute Gasteiger partial charge is 0.383 e. The minimum atomic E-state index is -0.397. The number of hydrogen-bond acceptors (Lipinski definition) is 3. The van der Waals surface area contributed by atoms with Crippen LogP contribution < -0.4 is 10.7 Å². The van der Waals surface area contributed by atoms with Crippen molar-refractivity contribution < 1.29 is 9.53 Å². The molecule has 5 nitrogen and oxygen atoms in total. The molecule has 0 radical (unpaired) electrons. The summed E-state index contributed by atoms with van der Waals surface area (Å²) < 4.78 is 7.47. The van der Waals surface area contributed by atoms with Crippen LogP contribution in [-0.2, 0) is 11.3 Å². The van der Waals surface area contributed by atoms with E-state index in [-0.39, 0.29) is 11.0 Å². The first-order valence-corrected chi connectivity index (χ1v) is 8.84. The van der Waals surface area contributed by atoms with Crippen molar-refractivity contribution in [3.63, 3.8) is 0 Å². The van der Waals surface area contributed by atoms with Gasteiger partial charge in [-0.25, -0.2) is 0 Å². The highest BCUT2D eigenvalue weighted by Gasteiger charge is 2.22. The molecule has 0 fully saturated rings. The van der Waals surface area contributed by atoms with Gasteiger partial charge in [0.2, 0.25) is 5.43 Å². The first kappa shape index (κ1) is 19.4. The second kappa shape index (κ2) is 7.97. The molecule has 1 amide bonds. The number of aryl methyl sites for hydroxylation is 2. The second-order valence-electron chi connectivity index (χ2n) is 6.05. The molecule has 134 valence electrons. The fourth-order valence-corrected chi connectivity index (χ4v) is 3.33. The summed E-state index contributed by atoms with van der Waals surface area (Å²) >= 11 is 3.34. The average molecular weight is 407 g/mol. The van der Waals surface area contributed by atoms with Crippen LogP contribution in [0.2, 0.25) is 0 Å². The molecule has 6 heteroatoms. The number of methoxy groups -OCH3 is 1. The summed E-state index contributed by atoms with van der Waals surface area (Å²) in [5.41, 5.74) is 3.92. The van der Waals surface area contributed by atoms with E-state index in [1.54, 1.807) is 14.0 Å². The summed E-state index contributed by atoms with van der Waals surface area (Å²) in [4.78, 5) is 25.6. The molecule has 2 aromatic rings. The maximum Gasteiger partial charge on any atom is 0.261 e. The van der Waals surface area contributed by atoms with Crippen molar-refractivity contribution >= 4 is 27.5 Å². The predicted molar refractivity (Wildman–Crippen MR) is 104 cm³/mol. The molecule has 0 bridgehead atoms. The van der Waals surface area contributed by atoms with Gasteiger partial charge >= 0.3 is 0 Å². The van der Waals surface area contributed by atoms with Gasteiger partial charge in [0.1, 0.15) is 5.56 Å². The van der Waals surface area contributed by atoms with Gasteiger partial charge in [0.25, 0.3) is 5.91 Å². The van der Waals surface area contributed by atoms with Crippen LogP contribution in [0.15, 0.2) is 27.5 Å². The van der Waals surface area contributed by atoms with Crippen molar-refractivity contribution in [1.29, 1.82) is 0 Å². The Labute approximate surface area is 156 Å². The lowest BCUT2D eigenvalue weighted by Gasteiger charge is -2.19. The van der Waals surface area contributed by atoms with E-state index in [1.807, 2.05) is 43.5 Å². The van der Waals surface area contributed by atoms with E-state index in [9.17, 15) is 9.59 Å². The van der Waals surface area contributed by atoms with Crippen molar-refractivity contribution in [1.82, 2.24) is 4.57 Å². The van der Waals surface area contributed by atoms with Crippen LogP contribution in [0.5, 0.6) is 0 Å². The van der Waals surface area contributed by atoms with Crippen molar-refractivity contribution in [3.8, 4) is 0 Å². The SMILES string of the molecule is COCCn1c(C)c(Br)c(=O)c(C(=O)Nc2c(C)cccc2C)c1C. The standard InChI is InChI=1S/C19H23BrN2O3/c1-11-7-6-8-12(2)17(11)21-19(24)15-13(3)22(9-10-25-5)14(4)16(20)18(15)23/h6-8H,9-10H2,1-5H3,(H,21,24). The highest BCUT2D eigenvalue weighted by atomic mass is 79.9. The number of nitrogens with zero attached hydrogens (tertiary/aromatic N) is 1. The van der Waals surface area contributed by atoms with Crippen LogP contribution in [0.25, 0.3) is 0 Å². The Balaban J connectivity index is 2.53. The molecule has 0 aliphatic rings. The number of benzene rings is 1. The van der Waals surface area contributed by atoms with Crippen LogP contribution in [0, 0.1) is 27.7 Å². The van der Waals surface area contributed by atoms with Crippen molar-refractivity contribution in [2.24, 2.45) is 0 Å². The summed E-state index contributed by atoms with van der Waals surface area (Å²) in [7, 11) is 1.62. The smallest absolute Gasteiger partial charge is 0.261 e. The Kier molecular flexibility index (Phi) is 6.19. The second-order valence-corrected chi connectivity index (χ2v) is 6.85. The molecule has 25 heavy (non-hydrogen) atoms. The number of ether oxygens (including phenoxy) is 1. The summed E-state index contributed by atoms with van der Waals surface area (Å²) in [5, 5.41) is 2.90. The molecule has 0 saturated heterocycles. The highest BCUT2D eigenvalue weighted by molar-refractivity contribution is 9.10. The summed E-state index contributed by atoms with van der Waals surface area (Å²) in [6.45, 7) is 8.55. The number of anilines is 1. The van der Waals surface area contributed by atoms with Crippen molar-refractivity contribution in [3.05, 3.63) is 61.0 Å². The van der Waals surface area contributed by atoms with Crippen molar-refractivity contribution in [2.45, 2.75) is 34.2 Å². The van der Waals surface area contributed by atoms with E-state index in [4.69, 9.17) is 4.74 Å². The fourth-order valence-electron chi connectivity index (χ4n) is 2.92. The molecule has 1 heterocycles. The number of carbonyl (C=O) groups is 1. The summed E-state index contributed by atoms with van der Waals surface area (Å²) in [5.74, 6) is -0.397. The van der Waals surface area contributed by atoms with Crippen LogP contribution in [-0.4, -0.2) is 24.2 Å². The lowest BCUT2D eigenvalue weighted by Crippen LogP contribution is -2.29. The Hall–Kier alpha value is -1.92. The first-order valence-electron chi connectivity index (χ1n) is 8.05. The van der Waals surface area contributed by atoms with E-state index in [1.165, 1.54) is 0 Å². The minimum Gasteiger partial charge on any atom is -0.383 e. The Morgan fingerprint density at radius 3 is 2.32 bits per heavy atom. The third-order valence-corrected chi connectivity index (χ3v) is 5.32. The molecule has 0 aliphatic heterocycles. The van der Waals surface area contributed by atoms with E-state index >= 15 is 0 Å². The van der Waals surface area contributed by atoms with Gasteiger partial charge in [-0.05, 0) is 54.8 Å². The zero-order valence-electron chi connectivity index (χ0n) is 15.2. The third kappa shape index (κ3) is 3.85. The molecule has 0 spiro atoms. The maximum absolute atomic E-state index is 12.9. The lowest BCUT2D eigenvalue weighted by molar-refractivity contribution is 0.102. The van der Waals surface area contributed by atoms with E-state index in [0.29, 0.717) is 23.3 Å². The average Bonchev–Trinajstić information content (AvgIpc) is 2.56. The normalized spacial score (nSPS) is 10.8. The third-order valence-electron chi connectivity index (χ3n) is 4.38. The molecular weight excluding hydrogens is 384 g/mol. The van der Waals surface area contributed by atoms with Crippen LogP contribution >= 0.6 is 15.9 Å². The minimum absolute atomic E-state index is 0.149. The van der Waals surface area contributed by atoms with Gasteiger partial charge in [0.15, 0.2) is 0 Å². The van der Waals surface area contributed by atoms with Gasteiger partial charge in [0, 0.05) is 30.7 Å². The lowest BCUT2D eigenvalue weighted by atomic mass is 10.1. The number of halogens is 1. The van der Waals surface area contributed by atoms with Gasteiger partial charge in [0.05, 0.1) is 11.1 Å². The van der Waals surface area contributed by atoms with E-state index in [0.717, 1.165) is 22.5 Å². The van der Waals surface area contributed by atoms with Crippen LogP contribution in [0.4, 0.5) is 5.69 Å². The number of nitrogens with one attached hydrogen (secondary N) is 1. The van der Waals surface area contributed by atoms with Crippen LogP contribution in [0.3, 0.4) is 0 Å². The number of amides is 1. The molecule has 1 aromatic heterocycles. The molecule has 0 saturated carbocycles. The number of rotatable bonds is 5. The molecule has 1 aromatic carbocycles. The number of para-hydroxylation sites is 1. The molecule has 2 rings (SSSR count). The van der Waals surface area contributed by atoms with Crippen molar-refractivity contribution in [2.75, 3.05) is 19.0 Å². The van der Waals surface area contributed by atoms with Crippen LogP contribution in [0.1, 0.15) is 32.9 Å². The summed E-state index contributed by atoms with van der Waals surface area (Å²) in [6, 6.07) is 5.79. The zero-order valence-corrected chi connectivity index (χ0v) is 16.8. The number of pyridine rings is 1. The fraction of sp³-hybridized carbons (Fsp3) is 0.368. The quantitative estimate of drug-likeness (QED) is 0.822. The van der Waals surface area contributed by atoms with E-state index < -0.39 is 5.91 Å². The predicted octanol–water partition coefficient (Wildman–Crippen LogP) is 3.74. The highest BCUT2D eigenvalue weighted by Crippen LogP contribution is 2.22. The van der Waals surface area contributed by atoms with Gasteiger partial charge in [-0.1, -0.05) is 18.2 Å². The molecule has 0 unspecified atom stereocenters. The Morgan fingerprint density at radius 2 is 1.76 bits per heavy atom. The van der Waals surface area contributed by atoms with Gasteiger partial charge in [-0.3, -0.25) is 9.59 Å². The zero-order chi connectivity index (χ0) is 18.7. The van der Waals surface area contributed by atoms with Gasteiger partial charge in [-0.2, -0.15) is 0 Å². The first-order chi connectivity index (χ1) is 11.8. The molecule has 0 atom stereocenters. The molecule has 0 aliphatic carbocycles. The molecule has 1 N–H and O–H groups in total. The summed E-state index contributed by atoms with van der Waals surface area (Å²) in [6.07, 6.45) is 0. The molecular formula is C19H23BrN2O3. The number of hydrogen-bond donors (Lipinski definition) is 1. The van der Waals surface area contributed by atoms with E-state index in [2.05, 4.69) is 21.2 Å². The number of carbonyl (C=O) groups excluding carboxylic acids is 1. The monoisotopic (exact) mass is 406 g/mol. The Morgan fingerprint density at radius 1 is 1.16 bits per heavy atom. The maximum atomic E-state index is 12.9. The van der Waals surface area contributed by atoms with Gasteiger partial charge < -0.3 is 14.6 Å².